The molecule has 1 aliphatic rings. The number of unbranched alkanes of at least 4 members (excludes halogenated alkanes) is 1. The van der Waals surface area contributed by atoms with Gasteiger partial charge >= 0.3 is 0 Å². The highest BCUT2D eigenvalue weighted by molar-refractivity contribution is 5.93. The highest BCUT2D eigenvalue weighted by Gasteiger charge is 2.11. The van der Waals surface area contributed by atoms with Crippen molar-refractivity contribution < 1.29 is 9.53 Å². The Morgan fingerprint density at radius 3 is 2.64 bits per heavy atom. The first-order valence-corrected chi connectivity index (χ1v) is 8.44. The van der Waals surface area contributed by atoms with Gasteiger partial charge in [0.05, 0.1) is 6.61 Å². The van der Waals surface area contributed by atoms with E-state index >= 15 is 0 Å². The van der Waals surface area contributed by atoms with Crippen molar-refractivity contribution in [3.8, 4) is 5.75 Å². The molecule has 1 aromatic rings. The molecule has 1 heterocycles. The largest absolute Gasteiger partial charge is 0.494 e. The van der Waals surface area contributed by atoms with Gasteiger partial charge in [0.2, 0.25) is 0 Å². The fourth-order valence-corrected chi connectivity index (χ4v) is 2.56. The normalized spacial score (nSPS) is 15.5. The number of allylic oxidation sites excluding steroid dienone is 1. The zero-order valence-electron chi connectivity index (χ0n) is 13.6. The van der Waals surface area contributed by atoms with E-state index in [-0.39, 0.29) is 5.78 Å². The summed E-state index contributed by atoms with van der Waals surface area (Å²) in [6.07, 6.45) is 8.97. The predicted molar refractivity (Wildman–Crippen MR) is 91.2 cm³/mol. The highest BCUT2D eigenvalue weighted by Crippen LogP contribution is 2.14. The molecular weight excluding hydrogens is 274 g/mol. The van der Waals surface area contributed by atoms with Crippen LogP contribution in [0.1, 0.15) is 44.6 Å². The Balaban J connectivity index is 1.73. The van der Waals surface area contributed by atoms with Crippen LogP contribution < -0.4 is 4.74 Å². The van der Waals surface area contributed by atoms with Crippen LogP contribution in [0.3, 0.4) is 0 Å². The smallest absolute Gasteiger partial charge is 0.156 e. The van der Waals surface area contributed by atoms with Gasteiger partial charge in [-0.25, -0.2) is 0 Å². The molecule has 120 valence electrons. The van der Waals surface area contributed by atoms with Crippen molar-refractivity contribution in [1.82, 2.24) is 4.90 Å². The number of hydrogen-bond acceptors (Lipinski definition) is 3. The van der Waals surface area contributed by atoms with Crippen molar-refractivity contribution in [2.24, 2.45) is 0 Å². The second kappa shape index (κ2) is 9.42. The molecular formula is C19H27NO2. The minimum atomic E-state index is 0.204. The van der Waals surface area contributed by atoms with Gasteiger partial charge in [0.25, 0.3) is 0 Å². The van der Waals surface area contributed by atoms with Gasteiger partial charge in [-0.15, -0.1) is 0 Å². The molecule has 0 unspecified atom stereocenters. The molecule has 0 atom stereocenters. The molecule has 0 radical (unpaired) electrons. The van der Waals surface area contributed by atoms with Crippen LogP contribution in [0.15, 0.2) is 30.3 Å². The Morgan fingerprint density at radius 2 is 1.95 bits per heavy atom. The number of likely N-dealkylation sites (tertiary alicyclic amines) is 1. The lowest BCUT2D eigenvalue weighted by atomic mass is 10.1. The topological polar surface area (TPSA) is 29.5 Å². The molecule has 0 amide bonds. The number of carbonyl (C=O) groups is 1. The quantitative estimate of drug-likeness (QED) is 0.511. The summed E-state index contributed by atoms with van der Waals surface area (Å²) in [4.78, 5) is 14.2. The van der Waals surface area contributed by atoms with Gasteiger partial charge in [0.15, 0.2) is 5.78 Å². The average molecular weight is 301 g/mol. The maximum atomic E-state index is 11.9. The number of ketones is 1. The standard InChI is InChI=1S/C19H27NO2/c1-2-3-16-22-19-10-7-17(8-11-19)6-9-18(21)12-15-20-13-4-5-14-20/h6-11H,2-5,12-16H2,1H3. The minimum Gasteiger partial charge on any atom is -0.494 e. The van der Waals surface area contributed by atoms with E-state index in [1.54, 1.807) is 6.08 Å². The van der Waals surface area contributed by atoms with Crippen molar-refractivity contribution in [1.29, 1.82) is 0 Å². The zero-order valence-corrected chi connectivity index (χ0v) is 13.6. The monoisotopic (exact) mass is 301 g/mol. The maximum Gasteiger partial charge on any atom is 0.156 e. The number of nitrogens with zero attached hydrogens (tertiary/aromatic N) is 1. The fourth-order valence-electron chi connectivity index (χ4n) is 2.56. The van der Waals surface area contributed by atoms with Gasteiger partial charge in [-0.2, -0.15) is 0 Å². The summed E-state index contributed by atoms with van der Waals surface area (Å²) >= 11 is 0. The van der Waals surface area contributed by atoms with Crippen LogP contribution in [0.25, 0.3) is 6.08 Å². The molecule has 1 saturated heterocycles. The minimum absolute atomic E-state index is 0.204. The zero-order chi connectivity index (χ0) is 15.6. The van der Waals surface area contributed by atoms with E-state index in [2.05, 4.69) is 11.8 Å². The molecule has 3 nitrogen and oxygen atoms in total. The first-order valence-electron chi connectivity index (χ1n) is 8.44. The third kappa shape index (κ3) is 6.02. The van der Waals surface area contributed by atoms with Gasteiger partial charge in [-0.05, 0) is 56.1 Å². The molecule has 1 fully saturated rings. The van der Waals surface area contributed by atoms with Crippen LogP contribution in [-0.4, -0.2) is 36.9 Å². The third-order valence-electron chi connectivity index (χ3n) is 3.98. The number of hydrogen-bond donors (Lipinski definition) is 0. The maximum absolute atomic E-state index is 11.9. The average Bonchev–Trinajstić information content (AvgIpc) is 3.06. The summed E-state index contributed by atoms with van der Waals surface area (Å²) in [7, 11) is 0. The van der Waals surface area contributed by atoms with Crippen molar-refractivity contribution in [3.63, 3.8) is 0 Å². The second-order valence-electron chi connectivity index (χ2n) is 5.87. The van der Waals surface area contributed by atoms with Gasteiger partial charge in [0.1, 0.15) is 5.75 Å². The Hall–Kier alpha value is -1.61. The third-order valence-corrected chi connectivity index (χ3v) is 3.98. The molecule has 0 bridgehead atoms. The SMILES string of the molecule is CCCCOc1ccc(C=CC(=O)CCN2CCCC2)cc1. The van der Waals surface area contributed by atoms with Crippen LogP contribution >= 0.6 is 0 Å². The van der Waals surface area contributed by atoms with Gasteiger partial charge in [-0.1, -0.05) is 31.6 Å². The number of benzene rings is 1. The number of ether oxygens (including phenoxy) is 1. The summed E-state index contributed by atoms with van der Waals surface area (Å²) in [6.45, 7) is 6.11. The Bertz CT molecular complexity index is 473. The van der Waals surface area contributed by atoms with Crippen LogP contribution in [-0.2, 0) is 4.79 Å². The molecule has 0 spiro atoms. The van der Waals surface area contributed by atoms with Crippen LogP contribution in [0.4, 0.5) is 0 Å². The summed E-state index contributed by atoms with van der Waals surface area (Å²) in [5.74, 6) is 1.10. The van der Waals surface area contributed by atoms with Crippen LogP contribution in [0.2, 0.25) is 0 Å². The van der Waals surface area contributed by atoms with Gasteiger partial charge < -0.3 is 9.64 Å². The van der Waals surface area contributed by atoms with Crippen LogP contribution in [0, 0.1) is 0 Å². The second-order valence-corrected chi connectivity index (χ2v) is 5.87. The lowest BCUT2D eigenvalue weighted by Crippen LogP contribution is -2.22. The fraction of sp³-hybridized carbons (Fsp3) is 0.526. The van der Waals surface area contributed by atoms with E-state index in [1.807, 2.05) is 30.3 Å². The van der Waals surface area contributed by atoms with E-state index in [0.29, 0.717) is 6.42 Å². The number of carbonyl (C=O) groups excluding carboxylic acids is 1. The predicted octanol–water partition coefficient (Wildman–Crippen LogP) is 3.93. The summed E-state index contributed by atoms with van der Waals surface area (Å²) < 4.78 is 5.63. The van der Waals surface area contributed by atoms with Crippen molar-refractivity contribution >= 4 is 11.9 Å². The summed E-state index contributed by atoms with van der Waals surface area (Å²) in [5.41, 5.74) is 1.04. The Morgan fingerprint density at radius 1 is 1.23 bits per heavy atom. The Kier molecular flexibility index (Phi) is 7.17. The summed E-state index contributed by atoms with van der Waals surface area (Å²) in [5, 5.41) is 0. The first kappa shape index (κ1) is 16.8. The molecule has 1 aromatic carbocycles. The molecule has 0 aromatic heterocycles. The van der Waals surface area contributed by atoms with E-state index in [9.17, 15) is 4.79 Å². The van der Waals surface area contributed by atoms with Crippen molar-refractivity contribution in [2.45, 2.75) is 39.0 Å². The molecule has 3 heteroatoms. The van der Waals surface area contributed by atoms with Crippen LogP contribution in [0.5, 0.6) is 5.75 Å². The van der Waals surface area contributed by atoms with Crippen molar-refractivity contribution in [2.75, 3.05) is 26.2 Å². The lowest BCUT2D eigenvalue weighted by molar-refractivity contribution is -0.114. The van der Waals surface area contributed by atoms with E-state index < -0.39 is 0 Å². The first-order chi connectivity index (χ1) is 10.8. The molecule has 22 heavy (non-hydrogen) atoms. The summed E-state index contributed by atoms with van der Waals surface area (Å²) in [6, 6.07) is 7.91. The lowest BCUT2D eigenvalue weighted by Gasteiger charge is -2.12. The van der Waals surface area contributed by atoms with Gasteiger partial charge in [0, 0.05) is 13.0 Å². The van der Waals surface area contributed by atoms with Crippen molar-refractivity contribution in [3.05, 3.63) is 35.9 Å². The molecule has 1 aliphatic heterocycles. The van der Waals surface area contributed by atoms with Gasteiger partial charge in [-0.3, -0.25) is 4.79 Å². The van der Waals surface area contributed by atoms with E-state index in [1.165, 1.54) is 12.8 Å². The molecule has 0 saturated carbocycles. The molecule has 0 aliphatic carbocycles. The Labute approximate surface area is 134 Å². The molecule has 0 N–H and O–H groups in total. The number of rotatable bonds is 9. The van der Waals surface area contributed by atoms with E-state index in [0.717, 1.165) is 50.4 Å². The van der Waals surface area contributed by atoms with E-state index in [4.69, 9.17) is 4.74 Å². The molecule has 2 rings (SSSR count). The highest BCUT2D eigenvalue weighted by atomic mass is 16.5.